The Balaban J connectivity index is 2.35. The van der Waals surface area contributed by atoms with Crippen molar-refractivity contribution in [3.63, 3.8) is 0 Å². The first-order chi connectivity index (χ1) is 8.66. The quantitative estimate of drug-likeness (QED) is 0.845. The predicted molar refractivity (Wildman–Crippen MR) is 77.5 cm³/mol. The highest BCUT2D eigenvalue weighted by molar-refractivity contribution is 8.04. The van der Waals surface area contributed by atoms with Crippen molar-refractivity contribution in [2.45, 2.75) is 36.3 Å². The largest absolute Gasteiger partial charge is 0.223 e. The summed E-state index contributed by atoms with van der Waals surface area (Å²) >= 11 is 1.66. The lowest BCUT2D eigenvalue weighted by Gasteiger charge is -2.23. The Hall–Kier alpha value is -0.740. The fourth-order valence-corrected chi connectivity index (χ4v) is 5.42. The average molecular weight is 282 g/mol. The number of sulfone groups is 1. The summed E-state index contributed by atoms with van der Waals surface area (Å²) in [5, 5.41) is -0.335. The molecule has 0 aliphatic heterocycles. The van der Waals surface area contributed by atoms with E-state index in [-0.39, 0.29) is 5.25 Å². The van der Waals surface area contributed by atoms with Crippen molar-refractivity contribution in [1.82, 2.24) is 0 Å². The summed E-state index contributed by atoms with van der Waals surface area (Å²) in [7, 11) is -3.22. The Labute approximate surface area is 113 Å². The highest BCUT2D eigenvalue weighted by atomic mass is 32.2. The molecule has 2 rings (SSSR count). The maximum atomic E-state index is 12.6. The lowest BCUT2D eigenvalue weighted by Crippen LogP contribution is -2.24. The molecule has 1 aliphatic carbocycles. The molecule has 1 aromatic carbocycles. The molecule has 0 heterocycles. The van der Waals surface area contributed by atoms with Crippen LogP contribution < -0.4 is 0 Å². The second-order valence-electron chi connectivity index (χ2n) is 4.32. The van der Waals surface area contributed by atoms with Crippen molar-refractivity contribution >= 4 is 21.6 Å². The second kappa shape index (κ2) is 5.93. The fraction of sp³-hybridized carbons (Fsp3) is 0.429. The molecular formula is C14H18O2S2. The lowest BCUT2D eigenvalue weighted by atomic mass is 10.1. The van der Waals surface area contributed by atoms with Crippen LogP contribution in [0.15, 0.2) is 46.2 Å². The first kappa shape index (κ1) is 13.7. The Morgan fingerprint density at radius 3 is 2.67 bits per heavy atom. The van der Waals surface area contributed by atoms with Crippen LogP contribution >= 0.6 is 11.8 Å². The molecule has 0 radical (unpaired) electrons. The van der Waals surface area contributed by atoms with E-state index in [1.807, 2.05) is 6.07 Å². The van der Waals surface area contributed by atoms with Crippen molar-refractivity contribution in [3.8, 4) is 0 Å². The van der Waals surface area contributed by atoms with E-state index < -0.39 is 9.84 Å². The molecule has 0 bridgehead atoms. The topological polar surface area (TPSA) is 34.1 Å². The van der Waals surface area contributed by atoms with E-state index in [4.69, 9.17) is 0 Å². The number of rotatable bonds is 4. The number of hydrogen-bond acceptors (Lipinski definition) is 3. The summed E-state index contributed by atoms with van der Waals surface area (Å²) in [5.74, 6) is 0.923. The van der Waals surface area contributed by atoms with Crippen LogP contribution in [0.25, 0.3) is 0 Å². The van der Waals surface area contributed by atoms with Crippen molar-refractivity contribution < 1.29 is 8.42 Å². The molecule has 98 valence electrons. The van der Waals surface area contributed by atoms with E-state index in [1.54, 1.807) is 36.0 Å². The van der Waals surface area contributed by atoms with Gasteiger partial charge in [-0.2, -0.15) is 0 Å². The van der Waals surface area contributed by atoms with E-state index in [1.165, 1.54) is 0 Å². The summed E-state index contributed by atoms with van der Waals surface area (Å²) in [6.45, 7) is 2.06. The molecule has 0 N–H and O–H groups in total. The van der Waals surface area contributed by atoms with Gasteiger partial charge >= 0.3 is 0 Å². The van der Waals surface area contributed by atoms with Crippen LogP contribution in [0.2, 0.25) is 0 Å². The highest BCUT2D eigenvalue weighted by Gasteiger charge is 2.31. The van der Waals surface area contributed by atoms with Gasteiger partial charge < -0.3 is 0 Å². The third-order valence-electron chi connectivity index (χ3n) is 3.09. The minimum absolute atomic E-state index is 0.335. The average Bonchev–Trinajstić information content (AvgIpc) is 2.41. The van der Waals surface area contributed by atoms with Crippen LogP contribution in [0.4, 0.5) is 0 Å². The van der Waals surface area contributed by atoms with E-state index in [2.05, 4.69) is 13.0 Å². The number of thioether (sulfide) groups is 1. The molecule has 0 saturated carbocycles. The van der Waals surface area contributed by atoms with Crippen LogP contribution in [0.1, 0.15) is 26.2 Å². The van der Waals surface area contributed by atoms with Gasteiger partial charge in [0.25, 0.3) is 0 Å². The SMILES string of the molecule is CCSC1=CCCCC1S(=O)(=O)c1ccccc1. The number of benzene rings is 1. The minimum Gasteiger partial charge on any atom is -0.223 e. The molecule has 0 amide bonds. The van der Waals surface area contributed by atoms with Gasteiger partial charge in [0.05, 0.1) is 10.1 Å². The Morgan fingerprint density at radius 2 is 2.00 bits per heavy atom. The van der Waals surface area contributed by atoms with Crippen molar-refractivity contribution in [1.29, 1.82) is 0 Å². The maximum Gasteiger partial charge on any atom is 0.185 e. The zero-order chi connectivity index (χ0) is 13.0. The molecule has 1 aromatic rings. The van der Waals surface area contributed by atoms with E-state index in [0.29, 0.717) is 4.90 Å². The maximum absolute atomic E-state index is 12.6. The van der Waals surface area contributed by atoms with E-state index in [0.717, 1.165) is 29.9 Å². The summed E-state index contributed by atoms with van der Waals surface area (Å²) in [4.78, 5) is 1.48. The van der Waals surface area contributed by atoms with Gasteiger partial charge in [0.2, 0.25) is 0 Å². The van der Waals surface area contributed by atoms with E-state index in [9.17, 15) is 8.42 Å². The molecule has 1 atom stereocenters. The first-order valence-electron chi connectivity index (χ1n) is 6.28. The molecule has 0 saturated heterocycles. The van der Waals surface area contributed by atoms with E-state index >= 15 is 0 Å². The van der Waals surface area contributed by atoms with Crippen molar-refractivity contribution in [2.75, 3.05) is 5.75 Å². The van der Waals surface area contributed by atoms with Crippen LogP contribution in [-0.4, -0.2) is 19.4 Å². The Kier molecular flexibility index (Phi) is 4.51. The summed E-state index contributed by atoms with van der Waals surface area (Å²) < 4.78 is 25.2. The normalized spacial score (nSPS) is 20.5. The molecular weight excluding hydrogens is 264 g/mol. The smallest absolute Gasteiger partial charge is 0.185 e. The van der Waals surface area contributed by atoms with Crippen LogP contribution in [0.3, 0.4) is 0 Å². The third kappa shape index (κ3) is 2.81. The summed E-state index contributed by atoms with van der Waals surface area (Å²) in [6.07, 6.45) is 4.81. The molecule has 1 aliphatic rings. The van der Waals surface area contributed by atoms with Gasteiger partial charge in [-0.25, -0.2) is 8.42 Å². The molecule has 0 aromatic heterocycles. The fourth-order valence-electron chi connectivity index (χ4n) is 2.22. The van der Waals surface area contributed by atoms with Crippen LogP contribution in [0.5, 0.6) is 0 Å². The Bertz CT molecular complexity index is 518. The zero-order valence-corrected chi connectivity index (χ0v) is 12.1. The zero-order valence-electron chi connectivity index (χ0n) is 10.5. The van der Waals surface area contributed by atoms with Crippen LogP contribution in [-0.2, 0) is 9.84 Å². The van der Waals surface area contributed by atoms with Crippen molar-refractivity contribution in [2.24, 2.45) is 0 Å². The molecule has 18 heavy (non-hydrogen) atoms. The number of allylic oxidation sites excluding steroid dienone is 1. The molecule has 1 unspecified atom stereocenters. The van der Waals surface area contributed by atoms with Crippen molar-refractivity contribution in [3.05, 3.63) is 41.3 Å². The van der Waals surface area contributed by atoms with Gasteiger partial charge in [0, 0.05) is 0 Å². The molecule has 0 spiro atoms. The van der Waals surface area contributed by atoms with Gasteiger partial charge in [0.1, 0.15) is 0 Å². The lowest BCUT2D eigenvalue weighted by molar-refractivity contribution is 0.576. The first-order valence-corrected chi connectivity index (χ1v) is 8.81. The predicted octanol–water partition coefficient (Wildman–Crippen LogP) is 3.65. The second-order valence-corrected chi connectivity index (χ2v) is 7.79. The van der Waals surface area contributed by atoms with Gasteiger partial charge in [-0.05, 0) is 42.1 Å². The van der Waals surface area contributed by atoms with Crippen LogP contribution in [0, 0.1) is 0 Å². The monoisotopic (exact) mass is 282 g/mol. The van der Waals surface area contributed by atoms with Gasteiger partial charge in [-0.15, -0.1) is 11.8 Å². The summed E-state index contributed by atoms with van der Waals surface area (Å²) in [5.41, 5.74) is 0. The molecule has 0 fully saturated rings. The molecule has 4 heteroatoms. The molecule has 2 nitrogen and oxygen atoms in total. The Morgan fingerprint density at radius 1 is 1.28 bits per heavy atom. The summed E-state index contributed by atoms with van der Waals surface area (Å²) in [6, 6.07) is 8.80. The van der Waals surface area contributed by atoms with Gasteiger partial charge in [-0.1, -0.05) is 31.2 Å². The number of hydrogen-bond donors (Lipinski definition) is 0. The van der Waals surface area contributed by atoms with Gasteiger partial charge in [0.15, 0.2) is 9.84 Å². The van der Waals surface area contributed by atoms with Gasteiger partial charge in [-0.3, -0.25) is 0 Å². The highest BCUT2D eigenvalue weighted by Crippen LogP contribution is 2.35. The third-order valence-corrected chi connectivity index (χ3v) is 6.48. The standard InChI is InChI=1S/C14H18O2S2/c1-2-17-13-10-6-7-11-14(13)18(15,16)12-8-4-3-5-9-12/h3-5,8-10,14H,2,6-7,11H2,1H3. The minimum atomic E-state index is -3.22.